The molecule has 106 valence electrons. The van der Waals surface area contributed by atoms with Gasteiger partial charge in [0.05, 0.1) is 24.5 Å². The standard InChI is InChI=1S/C14H17FN4O/c1-2-12(16)13-8-19(18-17-13)7-11-6-9-5-10(15)3-4-14(9)20-11/h3-5,8,11-12H,2,6-7,16H2,1H3. The molecule has 0 aliphatic carbocycles. The van der Waals surface area contributed by atoms with Gasteiger partial charge in [-0.3, -0.25) is 0 Å². The Balaban J connectivity index is 1.67. The van der Waals surface area contributed by atoms with Gasteiger partial charge in [0.2, 0.25) is 0 Å². The van der Waals surface area contributed by atoms with Gasteiger partial charge < -0.3 is 10.5 Å². The fraction of sp³-hybridized carbons (Fsp3) is 0.429. The van der Waals surface area contributed by atoms with Crippen LogP contribution < -0.4 is 10.5 Å². The minimum Gasteiger partial charge on any atom is -0.488 e. The number of benzene rings is 1. The quantitative estimate of drug-likeness (QED) is 0.925. The molecule has 0 spiro atoms. The number of halogens is 1. The summed E-state index contributed by atoms with van der Waals surface area (Å²) in [6.07, 6.45) is 3.31. The van der Waals surface area contributed by atoms with Gasteiger partial charge in [0.15, 0.2) is 0 Å². The smallest absolute Gasteiger partial charge is 0.123 e. The third-order valence-corrected chi connectivity index (χ3v) is 3.53. The summed E-state index contributed by atoms with van der Waals surface area (Å²) in [5.74, 6) is 0.520. The van der Waals surface area contributed by atoms with Crippen LogP contribution in [0.1, 0.15) is 30.6 Å². The zero-order valence-electron chi connectivity index (χ0n) is 11.3. The molecule has 20 heavy (non-hydrogen) atoms. The van der Waals surface area contributed by atoms with E-state index in [1.54, 1.807) is 10.7 Å². The first-order valence-electron chi connectivity index (χ1n) is 6.76. The summed E-state index contributed by atoms with van der Waals surface area (Å²) in [5, 5.41) is 8.13. The summed E-state index contributed by atoms with van der Waals surface area (Å²) in [5.41, 5.74) is 7.60. The van der Waals surface area contributed by atoms with Crippen molar-refractivity contribution in [1.82, 2.24) is 15.0 Å². The van der Waals surface area contributed by atoms with Crippen LogP contribution in [0.3, 0.4) is 0 Å². The molecule has 5 nitrogen and oxygen atoms in total. The number of hydrogen-bond acceptors (Lipinski definition) is 4. The monoisotopic (exact) mass is 276 g/mol. The third kappa shape index (κ3) is 2.51. The van der Waals surface area contributed by atoms with Crippen molar-refractivity contribution in [3.8, 4) is 5.75 Å². The molecule has 6 heteroatoms. The number of aromatic nitrogens is 3. The van der Waals surface area contributed by atoms with Crippen molar-refractivity contribution >= 4 is 0 Å². The Morgan fingerprint density at radius 1 is 1.55 bits per heavy atom. The second-order valence-corrected chi connectivity index (χ2v) is 5.08. The Kier molecular flexibility index (Phi) is 3.40. The molecule has 3 rings (SSSR count). The summed E-state index contributed by atoms with van der Waals surface area (Å²) in [6.45, 7) is 2.59. The maximum Gasteiger partial charge on any atom is 0.123 e. The summed E-state index contributed by atoms with van der Waals surface area (Å²) in [6, 6.07) is 4.52. The second kappa shape index (κ2) is 5.20. The molecule has 1 aromatic carbocycles. The Bertz CT molecular complexity index is 613. The lowest BCUT2D eigenvalue weighted by molar-refractivity contribution is 0.202. The van der Waals surface area contributed by atoms with E-state index in [9.17, 15) is 4.39 Å². The van der Waals surface area contributed by atoms with Crippen LogP contribution in [0.5, 0.6) is 5.75 Å². The van der Waals surface area contributed by atoms with Gasteiger partial charge in [0.1, 0.15) is 17.7 Å². The molecular formula is C14H17FN4O. The fourth-order valence-corrected chi connectivity index (χ4v) is 2.38. The number of fused-ring (bicyclic) bond motifs is 1. The normalized spacial score (nSPS) is 18.6. The van der Waals surface area contributed by atoms with Crippen LogP contribution in [0.25, 0.3) is 0 Å². The SMILES string of the molecule is CCC(N)c1cn(CC2Cc3cc(F)ccc3O2)nn1. The zero-order chi connectivity index (χ0) is 14.1. The Morgan fingerprint density at radius 3 is 3.20 bits per heavy atom. The first kappa shape index (κ1) is 13.1. The van der Waals surface area contributed by atoms with Gasteiger partial charge in [-0.25, -0.2) is 9.07 Å². The fourth-order valence-electron chi connectivity index (χ4n) is 2.38. The molecular weight excluding hydrogens is 259 g/mol. The van der Waals surface area contributed by atoms with Crippen molar-refractivity contribution in [3.05, 3.63) is 41.5 Å². The van der Waals surface area contributed by atoms with E-state index in [1.807, 2.05) is 13.1 Å². The molecule has 2 heterocycles. The van der Waals surface area contributed by atoms with Crippen LogP contribution in [0.15, 0.2) is 24.4 Å². The van der Waals surface area contributed by atoms with Crippen molar-refractivity contribution in [2.45, 2.75) is 38.5 Å². The van der Waals surface area contributed by atoms with E-state index >= 15 is 0 Å². The van der Waals surface area contributed by atoms with Crippen LogP contribution in [0, 0.1) is 5.82 Å². The van der Waals surface area contributed by atoms with Gasteiger partial charge in [-0.2, -0.15) is 0 Å². The largest absolute Gasteiger partial charge is 0.488 e. The Labute approximate surface area is 116 Å². The van der Waals surface area contributed by atoms with Crippen molar-refractivity contribution < 1.29 is 9.13 Å². The highest BCUT2D eigenvalue weighted by atomic mass is 19.1. The van der Waals surface area contributed by atoms with Crippen molar-refractivity contribution in [2.24, 2.45) is 5.73 Å². The van der Waals surface area contributed by atoms with E-state index in [1.165, 1.54) is 12.1 Å². The topological polar surface area (TPSA) is 66.0 Å². The molecule has 2 N–H and O–H groups in total. The van der Waals surface area contributed by atoms with Crippen LogP contribution in [-0.2, 0) is 13.0 Å². The molecule has 0 saturated carbocycles. The highest BCUT2D eigenvalue weighted by Gasteiger charge is 2.24. The molecule has 0 bridgehead atoms. The molecule has 2 atom stereocenters. The average molecular weight is 276 g/mol. The molecule has 2 aromatic rings. The Hall–Kier alpha value is -1.95. The lowest BCUT2D eigenvalue weighted by atomic mass is 10.1. The number of hydrogen-bond donors (Lipinski definition) is 1. The molecule has 1 aliphatic heterocycles. The van der Waals surface area contributed by atoms with Crippen LogP contribution >= 0.6 is 0 Å². The molecule has 1 aliphatic rings. The maximum absolute atomic E-state index is 13.2. The van der Waals surface area contributed by atoms with Gasteiger partial charge >= 0.3 is 0 Å². The van der Waals surface area contributed by atoms with Crippen molar-refractivity contribution in [2.75, 3.05) is 0 Å². The number of ether oxygens (including phenoxy) is 1. The number of nitrogens with zero attached hydrogens (tertiary/aromatic N) is 3. The highest BCUT2D eigenvalue weighted by Crippen LogP contribution is 2.29. The molecule has 0 amide bonds. The van der Waals surface area contributed by atoms with Gasteiger partial charge in [0, 0.05) is 12.0 Å². The van der Waals surface area contributed by atoms with Gasteiger partial charge in [-0.15, -0.1) is 5.10 Å². The van der Waals surface area contributed by atoms with Crippen LogP contribution in [0.4, 0.5) is 4.39 Å². The van der Waals surface area contributed by atoms with Gasteiger partial charge in [-0.1, -0.05) is 12.1 Å². The van der Waals surface area contributed by atoms with E-state index in [0.29, 0.717) is 13.0 Å². The van der Waals surface area contributed by atoms with E-state index in [2.05, 4.69) is 10.3 Å². The minimum absolute atomic E-state index is 0.0424. The number of rotatable bonds is 4. The maximum atomic E-state index is 13.2. The first-order valence-corrected chi connectivity index (χ1v) is 6.76. The first-order chi connectivity index (χ1) is 9.65. The van der Waals surface area contributed by atoms with E-state index in [4.69, 9.17) is 10.5 Å². The molecule has 0 radical (unpaired) electrons. The summed E-state index contributed by atoms with van der Waals surface area (Å²) in [7, 11) is 0. The lowest BCUT2D eigenvalue weighted by Gasteiger charge is -2.09. The molecule has 1 aromatic heterocycles. The minimum atomic E-state index is -0.232. The Morgan fingerprint density at radius 2 is 2.40 bits per heavy atom. The predicted molar refractivity (Wildman–Crippen MR) is 71.8 cm³/mol. The molecule has 0 fully saturated rings. The van der Waals surface area contributed by atoms with Crippen LogP contribution in [0.2, 0.25) is 0 Å². The second-order valence-electron chi connectivity index (χ2n) is 5.08. The lowest BCUT2D eigenvalue weighted by Crippen LogP contribution is -2.21. The van der Waals surface area contributed by atoms with Gasteiger partial charge in [0.25, 0.3) is 0 Å². The van der Waals surface area contributed by atoms with Gasteiger partial charge in [-0.05, 0) is 24.6 Å². The summed E-state index contributed by atoms with van der Waals surface area (Å²) in [4.78, 5) is 0. The predicted octanol–water partition coefficient (Wildman–Crippen LogP) is 1.83. The number of nitrogens with two attached hydrogens (primary N) is 1. The van der Waals surface area contributed by atoms with E-state index in [0.717, 1.165) is 23.4 Å². The van der Waals surface area contributed by atoms with E-state index in [-0.39, 0.29) is 18.0 Å². The average Bonchev–Trinajstić information content (AvgIpc) is 3.04. The molecule has 2 unspecified atom stereocenters. The van der Waals surface area contributed by atoms with Crippen LogP contribution in [-0.4, -0.2) is 21.1 Å². The third-order valence-electron chi connectivity index (χ3n) is 3.53. The summed E-state index contributed by atoms with van der Waals surface area (Å²) < 4.78 is 20.7. The van der Waals surface area contributed by atoms with Crippen molar-refractivity contribution in [3.63, 3.8) is 0 Å². The van der Waals surface area contributed by atoms with Crippen molar-refractivity contribution in [1.29, 1.82) is 0 Å². The summed E-state index contributed by atoms with van der Waals surface area (Å²) >= 11 is 0. The zero-order valence-corrected chi connectivity index (χ0v) is 11.3. The highest BCUT2D eigenvalue weighted by molar-refractivity contribution is 5.37. The van der Waals surface area contributed by atoms with E-state index < -0.39 is 0 Å². The molecule has 0 saturated heterocycles.